The second-order valence-electron chi connectivity index (χ2n) is 4.67. The van der Waals surface area contributed by atoms with Crippen LogP contribution < -0.4 is 0 Å². The van der Waals surface area contributed by atoms with Gasteiger partial charge in [-0.25, -0.2) is 14.5 Å². The molecular formula is C16H11ClN4O2S. The lowest BCUT2D eigenvalue weighted by molar-refractivity contribution is 0.0533. The summed E-state index contributed by atoms with van der Waals surface area (Å²) < 4.78 is 6.60. The number of carbonyl (C=O) groups excluding carboxylic acids is 1. The lowest BCUT2D eigenvalue weighted by Crippen LogP contribution is -2.04. The minimum atomic E-state index is -0.477. The SMILES string of the molecule is CCOC(=O)c1sc(-n2cncn2)c(C#N)c1-c1ccc(Cl)cc1. The second-order valence-corrected chi connectivity index (χ2v) is 6.10. The predicted molar refractivity (Wildman–Crippen MR) is 90.4 cm³/mol. The van der Waals surface area contributed by atoms with E-state index in [0.29, 0.717) is 31.6 Å². The topological polar surface area (TPSA) is 80.8 Å². The lowest BCUT2D eigenvalue weighted by atomic mass is 10.0. The van der Waals surface area contributed by atoms with Crippen LogP contribution in [0.3, 0.4) is 0 Å². The number of halogens is 1. The van der Waals surface area contributed by atoms with E-state index in [1.54, 1.807) is 31.2 Å². The van der Waals surface area contributed by atoms with Crippen molar-refractivity contribution in [2.75, 3.05) is 6.61 Å². The minimum Gasteiger partial charge on any atom is -0.462 e. The molecule has 0 N–H and O–H groups in total. The first kappa shape index (κ1) is 16.2. The van der Waals surface area contributed by atoms with Crippen LogP contribution in [0.5, 0.6) is 0 Å². The quantitative estimate of drug-likeness (QED) is 0.664. The number of nitriles is 1. The van der Waals surface area contributed by atoms with E-state index >= 15 is 0 Å². The smallest absolute Gasteiger partial charge is 0.349 e. The molecule has 3 rings (SSSR count). The number of benzene rings is 1. The van der Waals surface area contributed by atoms with Gasteiger partial charge in [-0.2, -0.15) is 10.4 Å². The number of hydrogen-bond acceptors (Lipinski definition) is 6. The average Bonchev–Trinajstić information content (AvgIpc) is 3.22. The fourth-order valence-corrected chi connectivity index (χ4v) is 3.45. The molecule has 6 nitrogen and oxygen atoms in total. The normalized spacial score (nSPS) is 10.4. The van der Waals surface area contributed by atoms with Gasteiger partial charge in [0.1, 0.15) is 28.6 Å². The summed E-state index contributed by atoms with van der Waals surface area (Å²) in [5.41, 5.74) is 1.57. The van der Waals surface area contributed by atoms with Gasteiger partial charge in [0.2, 0.25) is 0 Å². The summed E-state index contributed by atoms with van der Waals surface area (Å²) in [5.74, 6) is -0.477. The van der Waals surface area contributed by atoms with E-state index in [-0.39, 0.29) is 6.61 Å². The first-order valence-electron chi connectivity index (χ1n) is 7.00. The van der Waals surface area contributed by atoms with Crippen molar-refractivity contribution >= 4 is 28.9 Å². The number of aromatic nitrogens is 3. The maximum Gasteiger partial charge on any atom is 0.349 e. The van der Waals surface area contributed by atoms with E-state index in [4.69, 9.17) is 16.3 Å². The summed E-state index contributed by atoms with van der Waals surface area (Å²) in [5, 5.41) is 14.8. The number of ether oxygens (including phenoxy) is 1. The van der Waals surface area contributed by atoms with Crippen molar-refractivity contribution in [2.24, 2.45) is 0 Å². The molecule has 0 aliphatic heterocycles. The van der Waals surface area contributed by atoms with Crippen molar-refractivity contribution in [3.63, 3.8) is 0 Å². The molecule has 0 unspecified atom stereocenters. The highest BCUT2D eigenvalue weighted by Crippen LogP contribution is 2.39. The zero-order chi connectivity index (χ0) is 17.1. The van der Waals surface area contributed by atoms with Crippen LogP contribution in [0, 0.1) is 11.3 Å². The molecule has 1 aromatic carbocycles. The van der Waals surface area contributed by atoms with Crippen LogP contribution in [0.4, 0.5) is 0 Å². The molecule has 0 saturated carbocycles. The van der Waals surface area contributed by atoms with Crippen LogP contribution in [0.1, 0.15) is 22.2 Å². The molecule has 0 radical (unpaired) electrons. The highest BCUT2D eigenvalue weighted by Gasteiger charge is 2.26. The maximum absolute atomic E-state index is 12.4. The molecule has 0 fully saturated rings. The Balaban J connectivity index is 2.26. The summed E-state index contributed by atoms with van der Waals surface area (Å²) in [6, 6.07) is 9.11. The van der Waals surface area contributed by atoms with Gasteiger partial charge in [-0.3, -0.25) is 0 Å². The van der Waals surface area contributed by atoms with Crippen LogP contribution >= 0.6 is 22.9 Å². The Morgan fingerprint density at radius 1 is 1.42 bits per heavy atom. The monoisotopic (exact) mass is 358 g/mol. The van der Waals surface area contributed by atoms with Gasteiger partial charge in [-0.05, 0) is 24.6 Å². The van der Waals surface area contributed by atoms with Gasteiger partial charge in [0.25, 0.3) is 0 Å². The van der Waals surface area contributed by atoms with Crippen LogP contribution in [0.25, 0.3) is 16.1 Å². The summed E-state index contributed by atoms with van der Waals surface area (Å²) in [6.07, 6.45) is 2.85. The van der Waals surface area contributed by atoms with E-state index in [1.165, 1.54) is 17.3 Å². The Morgan fingerprint density at radius 3 is 2.75 bits per heavy atom. The third kappa shape index (κ3) is 2.89. The second kappa shape index (κ2) is 6.83. The summed E-state index contributed by atoms with van der Waals surface area (Å²) in [7, 11) is 0. The third-order valence-electron chi connectivity index (χ3n) is 3.22. The molecule has 0 amide bonds. The molecule has 24 heavy (non-hydrogen) atoms. The Hall–Kier alpha value is -2.69. The highest BCUT2D eigenvalue weighted by molar-refractivity contribution is 7.17. The summed E-state index contributed by atoms with van der Waals surface area (Å²) >= 11 is 7.08. The Labute approximate surface area is 146 Å². The molecular weight excluding hydrogens is 348 g/mol. The molecule has 0 spiro atoms. The molecule has 0 atom stereocenters. The van der Waals surface area contributed by atoms with Crippen molar-refractivity contribution < 1.29 is 9.53 Å². The fraction of sp³-hybridized carbons (Fsp3) is 0.125. The van der Waals surface area contributed by atoms with E-state index in [9.17, 15) is 10.1 Å². The zero-order valence-electron chi connectivity index (χ0n) is 12.6. The minimum absolute atomic E-state index is 0.247. The Kier molecular flexibility index (Phi) is 4.60. The fourth-order valence-electron chi connectivity index (χ4n) is 2.23. The van der Waals surface area contributed by atoms with Crippen LogP contribution in [-0.4, -0.2) is 27.3 Å². The number of hydrogen-bond donors (Lipinski definition) is 0. The predicted octanol–water partition coefficient (Wildman–Crippen LogP) is 3.70. The zero-order valence-corrected chi connectivity index (χ0v) is 14.1. The van der Waals surface area contributed by atoms with Gasteiger partial charge in [0.05, 0.1) is 12.2 Å². The first-order chi connectivity index (χ1) is 11.7. The van der Waals surface area contributed by atoms with Gasteiger partial charge in [-0.1, -0.05) is 23.7 Å². The molecule has 2 heterocycles. The maximum atomic E-state index is 12.4. The summed E-state index contributed by atoms with van der Waals surface area (Å²) in [4.78, 5) is 16.6. The third-order valence-corrected chi connectivity index (χ3v) is 4.63. The van der Waals surface area contributed by atoms with Crippen molar-refractivity contribution in [1.29, 1.82) is 5.26 Å². The molecule has 0 bridgehead atoms. The van der Waals surface area contributed by atoms with Gasteiger partial charge >= 0.3 is 5.97 Å². The van der Waals surface area contributed by atoms with Gasteiger partial charge < -0.3 is 4.74 Å². The molecule has 0 aliphatic rings. The molecule has 120 valence electrons. The lowest BCUT2D eigenvalue weighted by Gasteiger charge is -2.05. The molecule has 0 saturated heterocycles. The van der Waals surface area contributed by atoms with Crippen molar-refractivity contribution in [1.82, 2.24) is 14.8 Å². The van der Waals surface area contributed by atoms with Crippen LogP contribution in [0.15, 0.2) is 36.9 Å². The van der Waals surface area contributed by atoms with Crippen molar-refractivity contribution in [3.05, 3.63) is 52.4 Å². The summed E-state index contributed by atoms with van der Waals surface area (Å²) in [6.45, 7) is 1.98. The molecule has 3 aromatic rings. The first-order valence-corrected chi connectivity index (χ1v) is 8.20. The van der Waals surface area contributed by atoms with E-state index in [1.807, 2.05) is 0 Å². The van der Waals surface area contributed by atoms with Crippen LogP contribution in [0.2, 0.25) is 5.02 Å². The van der Waals surface area contributed by atoms with Crippen molar-refractivity contribution in [3.8, 4) is 22.2 Å². The Morgan fingerprint density at radius 2 is 2.17 bits per heavy atom. The molecule has 0 aliphatic carbocycles. The number of esters is 1. The number of carbonyl (C=O) groups is 1. The van der Waals surface area contributed by atoms with E-state index in [2.05, 4.69) is 16.2 Å². The number of rotatable bonds is 4. The molecule has 8 heteroatoms. The average molecular weight is 359 g/mol. The largest absolute Gasteiger partial charge is 0.462 e. The van der Waals surface area contributed by atoms with Crippen LogP contribution in [-0.2, 0) is 4.74 Å². The Bertz CT molecular complexity index is 911. The number of nitrogens with zero attached hydrogens (tertiary/aromatic N) is 4. The van der Waals surface area contributed by atoms with E-state index < -0.39 is 5.97 Å². The standard InChI is InChI=1S/C16H11ClN4O2S/c1-2-23-16(22)14-13(10-3-5-11(17)6-4-10)12(7-18)15(24-14)21-9-19-8-20-21/h3-6,8-9H,2H2,1H3. The highest BCUT2D eigenvalue weighted by atomic mass is 35.5. The van der Waals surface area contributed by atoms with Gasteiger partial charge in [0.15, 0.2) is 0 Å². The van der Waals surface area contributed by atoms with Gasteiger partial charge in [0, 0.05) is 10.6 Å². The van der Waals surface area contributed by atoms with Gasteiger partial charge in [-0.15, -0.1) is 11.3 Å². The number of thiophene rings is 1. The van der Waals surface area contributed by atoms with Crippen molar-refractivity contribution in [2.45, 2.75) is 6.92 Å². The van der Waals surface area contributed by atoms with E-state index in [0.717, 1.165) is 11.3 Å². The molecule has 2 aromatic heterocycles.